The van der Waals surface area contributed by atoms with Crippen LogP contribution in [0.25, 0.3) is 162 Å². The second-order valence-electron chi connectivity index (χ2n) is 25.9. The molecule has 0 N–H and O–H groups in total. The molecule has 9 nitrogen and oxygen atoms in total. The minimum atomic E-state index is 0.643. The SMILES string of the molecule is Clc1cccc(-c2ccc(-c3nc(-c4ccccc4)nc(-c4ccccc4)n3)cc2)c1.c1ccc(-c2nc(-c3ccccc3)nc(-c3ccc(-c4cccc(-n5c6ccccc6c6ccc7c(ccn7-c7ccccc7)c65)c4)cc3)n2)cc1.c1ccc(-n2ccc3c4c(ccc32)-c2ccccc2C4)cc1. The first-order valence-electron chi connectivity index (χ1n) is 35.1. The zero-order valence-corrected chi connectivity index (χ0v) is 57.7. The molecule has 0 fully saturated rings. The molecule has 19 aromatic rings. The van der Waals surface area contributed by atoms with E-state index in [2.05, 4.69) is 232 Å². The summed E-state index contributed by atoms with van der Waals surface area (Å²) in [7, 11) is 0. The Morgan fingerprint density at radius 2 is 0.619 bits per heavy atom. The molecule has 0 amide bonds. The van der Waals surface area contributed by atoms with Crippen molar-refractivity contribution in [2.24, 2.45) is 0 Å². The fourth-order valence-corrected chi connectivity index (χ4v) is 14.6. The number of nitrogens with zero attached hydrogens (tertiary/aromatic N) is 9. The van der Waals surface area contributed by atoms with Crippen LogP contribution >= 0.6 is 11.6 Å². The van der Waals surface area contributed by atoms with E-state index in [9.17, 15) is 0 Å². The summed E-state index contributed by atoms with van der Waals surface area (Å²) in [5, 5.41) is 5.79. The van der Waals surface area contributed by atoms with Gasteiger partial charge in [-0.15, -0.1) is 0 Å². The van der Waals surface area contributed by atoms with Gasteiger partial charge in [-0.05, 0) is 130 Å². The lowest BCUT2D eigenvalue weighted by Crippen LogP contribution is -2.00. The minimum Gasteiger partial charge on any atom is -0.317 e. The number of rotatable bonds is 11. The third-order valence-corrected chi connectivity index (χ3v) is 19.7. The number of fused-ring (bicyclic) bond motifs is 10. The van der Waals surface area contributed by atoms with Crippen LogP contribution in [0.4, 0.5) is 0 Å². The molecule has 0 radical (unpaired) electrons. The quantitative estimate of drug-likeness (QED) is 0.128. The lowest BCUT2D eigenvalue weighted by atomic mass is 10.0. The van der Waals surface area contributed by atoms with Crippen LogP contribution < -0.4 is 0 Å². The number of benzene rings is 14. The van der Waals surface area contributed by atoms with Gasteiger partial charge in [0, 0.05) is 89.4 Å². The second kappa shape index (κ2) is 28.0. The molecule has 1 aliphatic rings. The summed E-state index contributed by atoms with van der Waals surface area (Å²) in [5.41, 5.74) is 24.1. The molecular formula is C95H64ClN9. The van der Waals surface area contributed by atoms with E-state index in [1.807, 2.05) is 158 Å². The first kappa shape index (κ1) is 63.4. The maximum absolute atomic E-state index is 6.15. The van der Waals surface area contributed by atoms with Crippen molar-refractivity contribution in [2.75, 3.05) is 0 Å². The molecule has 14 aromatic carbocycles. The molecule has 0 atom stereocenters. The molecule has 20 rings (SSSR count). The van der Waals surface area contributed by atoms with Crippen LogP contribution in [0.3, 0.4) is 0 Å². The van der Waals surface area contributed by atoms with Crippen LogP contribution in [0.5, 0.6) is 0 Å². The van der Waals surface area contributed by atoms with Crippen molar-refractivity contribution in [3.63, 3.8) is 0 Å². The van der Waals surface area contributed by atoms with Crippen LogP contribution in [0.2, 0.25) is 5.02 Å². The first-order chi connectivity index (χ1) is 52.0. The Hall–Kier alpha value is -13.7. The molecule has 105 heavy (non-hydrogen) atoms. The summed E-state index contributed by atoms with van der Waals surface area (Å²) < 4.78 is 6.96. The van der Waals surface area contributed by atoms with Crippen molar-refractivity contribution in [1.29, 1.82) is 0 Å². The Morgan fingerprint density at radius 3 is 1.12 bits per heavy atom. The van der Waals surface area contributed by atoms with Crippen LogP contribution in [0, 0.1) is 0 Å². The van der Waals surface area contributed by atoms with E-state index >= 15 is 0 Å². The molecule has 10 heteroatoms. The first-order valence-corrected chi connectivity index (χ1v) is 35.5. The predicted octanol–water partition coefficient (Wildman–Crippen LogP) is 24.0. The molecule has 5 heterocycles. The highest BCUT2D eigenvalue weighted by molar-refractivity contribution is 6.30. The van der Waals surface area contributed by atoms with Gasteiger partial charge in [0.05, 0.1) is 22.1 Å². The van der Waals surface area contributed by atoms with Gasteiger partial charge in [-0.3, -0.25) is 0 Å². The fraction of sp³-hybridized carbons (Fsp3) is 0.0105. The van der Waals surface area contributed by atoms with Gasteiger partial charge in [0.15, 0.2) is 34.9 Å². The molecule has 0 saturated heterocycles. The van der Waals surface area contributed by atoms with Gasteiger partial charge in [-0.1, -0.05) is 297 Å². The highest BCUT2D eigenvalue weighted by Gasteiger charge is 2.23. The van der Waals surface area contributed by atoms with Gasteiger partial charge < -0.3 is 13.7 Å². The van der Waals surface area contributed by atoms with Gasteiger partial charge in [0.1, 0.15) is 0 Å². The van der Waals surface area contributed by atoms with Gasteiger partial charge in [0.2, 0.25) is 0 Å². The molecule has 1 aliphatic carbocycles. The average Bonchev–Trinajstić information content (AvgIpc) is 1.58. The monoisotopic (exact) mass is 1370 g/mol. The number of aromatic nitrogens is 9. The van der Waals surface area contributed by atoms with Crippen LogP contribution in [-0.2, 0) is 6.42 Å². The van der Waals surface area contributed by atoms with Crippen LogP contribution in [-0.4, -0.2) is 43.6 Å². The molecule has 5 aromatic heterocycles. The van der Waals surface area contributed by atoms with Crippen molar-refractivity contribution in [3.8, 4) is 119 Å². The maximum Gasteiger partial charge on any atom is 0.164 e. The Balaban J connectivity index is 0.000000124. The van der Waals surface area contributed by atoms with Crippen molar-refractivity contribution in [1.82, 2.24) is 43.6 Å². The number of hydrogen-bond acceptors (Lipinski definition) is 6. The molecule has 0 spiro atoms. The minimum absolute atomic E-state index is 0.643. The third-order valence-electron chi connectivity index (χ3n) is 19.5. The highest BCUT2D eigenvalue weighted by atomic mass is 35.5. The van der Waals surface area contributed by atoms with E-state index in [1.54, 1.807) is 0 Å². The molecule has 0 bridgehead atoms. The topological polar surface area (TPSA) is 92.1 Å². The molecular weight excluding hydrogens is 1300 g/mol. The largest absolute Gasteiger partial charge is 0.317 e. The third kappa shape index (κ3) is 12.6. The standard InChI is InChI=1S/C47H31N5.C27H18ClN3.C21H15N/c1-4-13-33(14-5-1)45-48-46(34-15-6-2-7-16-34)50-47(49-45)35-25-23-32(24-26-35)36-17-12-20-38(31-36)52-43-22-11-10-21-39(43)40-27-28-42-41(44(40)52)29-30-51(42)37-18-8-3-9-19-37;28-24-13-7-12-23(18-24)19-14-16-22(17-15-19)27-30-25(20-8-3-1-4-9-20)29-26(31-27)21-10-5-2-6-11-21;1-2-7-16(8-3-1)22-13-12-19-20-14-15-6-4-5-9-17(15)18(20)10-11-21(19)22/h1-31H;1-18H;1-13H,14H2. The lowest BCUT2D eigenvalue weighted by Gasteiger charge is -2.12. The smallest absolute Gasteiger partial charge is 0.164 e. The van der Waals surface area contributed by atoms with E-state index in [-0.39, 0.29) is 0 Å². The predicted molar refractivity (Wildman–Crippen MR) is 431 cm³/mol. The van der Waals surface area contributed by atoms with Crippen LogP contribution in [0.1, 0.15) is 11.1 Å². The van der Waals surface area contributed by atoms with E-state index in [0.29, 0.717) is 34.9 Å². The zero-order chi connectivity index (χ0) is 70.0. The number of hydrogen-bond donors (Lipinski definition) is 0. The lowest BCUT2D eigenvalue weighted by molar-refractivity contribution is 1.07. The highest BCUT2D eigenvalue weighted by Crippen LogP contribution is 2.43. The summed E-state index contributed by atoms with van der Waals surface area (Å²) in [4.78, 5) is 29.0. The summed E-state index contributed by atoms with van der Waals surface area (Å²) in [6.07, 6.45) is 5.41. The molecule has 0 aliphatic heterocycles. The summed E-state index contributed by atoms with van der Waals surface area (Å²) in [5.74, 6) is 3.91. The molecule has 0 saturated carbocycles. The van der Waals surface area contributed by atoms with Crippen molar-refractivity contribution in [2.45, 2.75) is 6.42 Å². The number of para-hydroxylation sites is 3. The van der Waals surface area contributed by atoms with E-state index in [0.717, 1.165) is 78.5 Å². The van der Waals surface area contributed by atoms with Crippen LogP contribution in [0.15, 0.2) is 376 Å². The molecule has 0 unspecified atom stereocenters. The Bertz CT molecular complexity index is 6220. The van der Waals surface area contributed by atoms with Gasteiger partial charge in [-0.2, -0.15) is 0 Å². The Kier molecular flexibility index (Phi) is 16.9. The summed E-state index contributed by atoms with van der Waals surface area (Å²) in [6, 6.07) is 126. The summed E-state index contributed by atoms with van der Waals surface area (Å²) >= 11 is 6.15. The van der Waals surface area contributed by atoms with Crippen molar-refractivity contribution >= 4 is 55.2 Å². The maximum atomic E-state index is 6.15. The van der Waals surface area contributed by atoms with Gasteiger partial charge >= 0.3 is 0 Å². The van der Waals surface area contributed by atoms with E-state index in [4.69, 9.17) is 41.5 Å². The normalized spacial score (nSPS) is 11.4. The van der Waals surface area contributed by atoms with Crippen molar-refractivity contribution < 1.29 is 0 Å². The zero-order valence-electron chi connectivity index (χ0n) is 56.9. The van der Waals surface area contributed by atoms with Gasteiger partial charge in [0.25, 0.3) is 0 Å². The van der Waals surface area contributed by atoms with E-state index in [1.165, 1.54) is 71.6 Å². The average molecular weight is 1370 g/mol. The van der Waals surface area contributed by atoms with Gasteiger partial charge in [-0.25, -0.2) is 29.9 Å². The number of halogens is 1. The van der Waals surface area contributed by atoms with E-state index < -0.39 is 0 Å². The second-order valence-corrected chi connectivity index (χ2v) is 26.4. The fourth-order valence-electron chi connectivity index (χ4n) is 14.4. The Morgan fingerprint density at radius 1 is 0.238 bits per heavy atom. The van der Waals surface area contributed by atoms with Crippen molar-refractivity contribution in [3.05, 3.63) is 393 Å². The Labute approximate surface area is 612 Å². The molecule has 496 valence electrons. The summed E-state index contributed by atoms with van der Waals surface area (Å²) in [6.45, 7) is 0.